The minimum atomic E-state index is -1.10. The van der Waals surface area contributed by atoms with Crippen molar-refractivity contribution in [2.24, 2.45) is 21.6 Å². The average Bonchev–Trinajstić information content (AvgIpc) is 2.85. The Hall–Kier alpha value is -1.11. The van der Waals surface area contributed by atoms with Gasteiger partial charge < -0.3 is 15.6 Å². The first-order chi connectivity index (χ1) is 12.1. The van der Waals surface area contributed by atoms with Crippen LogP contribution in [-0.4, -0.2) is 44.0 Å². The molecule has 5 nitrogen and oxygen atoms in total. The lowest BCUT2D eigenvalue weighted by atomic mass is 9.73. The molecule has 3 N–H and O–H groups in total. The van der Waals surface area contributed by atoms with E-state index < -0.39 is 11.2 Å². The third-order valence-corrected chi connectivity index (χ3v) is 5.79. The lowest BCUT2D eigenvalue weighted by Gasteiger charge is -2.39. The van der Waals surface area contributed by atoms with Crippen LogP contribution in [0.15, 0.2) is 32.7 Å². The lowest BCUT2D eigenvalue weighted by Crippen LogP contribution is -2.41. The highest BCUT2D eigenvalue weighted by Gasteiger charge is 2.46. The SMILES string of the molecule is BC(B)(O)OC1CCC(C2(c3cc(Br)ccc3C)N=C(C)C(N)=N2)CC1. The van der Waals surface area contributed by atoms with E-state index in [9.17, 15) is 5.11 Å². The number of nitrogens with zero attached hydrogens (tertiary/aromatic N) is 2. The number of halogens is 1. The van der Waals surface area contributed by atoms with Gasteiger partial charge in [0.2, 0.25) is 0 Å². The molecule has 0 aromatic heterocycles. The van der Waals surface area contributed by atoms with Gasteiger partial charge in [0.15, 0.2) is 21.4 Å². The van der Waals surface area contributed by atoms with Gasteiger partial charge in [-0.2, -0.15) is 0 Å². The number of aliphatic hydroxyl groups is 1. The summed E-state index contributed by atoms with van der Waals surface area (Å²) in [5, 5.41) is 9.92. The summed E-state index contributed by atoms with van der Waals surface area (Å²) in [5.41, 5.74) is 7.48. The molecule has 1 heterocycles. The third kappa shape index (κ3) is 3.92. The second-order valence-corrected chi connectivity index (χ2v) is 8.83. The smallest absolute Gasteiger partial charge is 0.181 e. The van der Waals surface area contributed by atoms with Gasteiger partial charge in [-0.05, 0) is 57.2 Å². The molecule has 3 rings (SSSR count). The Balaban J connectivity index is 1.92. The Morgan fingerprint density at radius 3 is 2.42 bits per heavy atom. The van der Waals surface area contributed by atoms with Crippen LogP contribution >= 0.6 is 15.9 Å². The first-order valence-corrected chi connectivity index (χ1v) is 9.99. The van der Waals surface area contributed by atoms with E-state index in [1.54, 1.807) is 15.7 Å². The van der Waals surface area contributed by atoms with Gasteiger partial charge >= 0.3 is 0 Å². The maximum atomic E-state index is 9.92. The van der Waals surface area contributed by atoms with Crippen LogP contribution in [0.5, 0.6) is 0 Å². The summed E-state index contributed by atoms with van der Waals surface area (Å²) in [6.07, 6.45) is 3.70. The van der Waals surface area contributed by atoms with Crippen LogP contribution in [0.3, 0.4) is 0 Å². The monoisotopic (exact) mass is 417 g/mol. The highest BCUT2D eigenvalue weighted by atomic mass is 79.9. The van der Waals surface area contributed by atoms with Crippen molar-refractivity contribution in [3.05, 3.63) is 33.8 Å². The van der Waals surface area contributed by atoms with E-state index >= 15 is 0 Å². The molecule has 0 bridgehead atoms. The summed E-state index contributed by atoms with van der Waals surface area (Å²) < 4.78 is 6.78. The zero-order valence-electron chi connectivity index (χ0n) is 15.9. The first-order valence-electron chi connectivity index (χ1n) is 9.20. The molecule has 0 amide bonds. The first kappa shape index (κ1) is 19.6. The van der Waals surface area contributed by atoms with Crippen molar-refractivity contribution < 1.29 is 9.84 Å². The molecule has 1 atom stereocenters. The van der Waals surface area contributed by atoms with Gasteiger partial charge in [-0.15, -0.1) is 0 Å². The summed E-state index contributed by atoms with van der Waals surface area (Å²) >= 11 is 3.59. The molecule has 1 aromatic carbocycles. The largest absolute Gasteiger partial charge is 0.382 e. The minimum absolute atomic E-state index is 0.0692. The third-order valence-electron chi connectivity index (χ3n) is 5.29. The van der Waals surface area contributed by atoms with Crippen molar-refractivity contribution in [1.29, 1.82) is 0 Å². The fourth-order valence-corrected chi connectivity index (χ4v) is 4.47. The number of benzene rings is 1. The quantitative estimate of drug-likeness (QED) is 0.570. The number of aliphatic imine (C=N–C) groups is 2. The number of amidine groups is 1. The molecule has 1 fully saturated rings. The Labute approximate surface area is 165 Å². The predicted octanol–water partition coefficient (Wildman–Crippen LogP) is 1.19. The van der Waals surface area contributed by atoms with Gasteiger partial charge in [-0.1, -0.05) is 22.0 Å². The predicted molar refractivity (Wildman–Crippen MR) is 114 cm³/mol. The maximum absolute atomic E-state index is 9.92. The van der Waals surface area contributed by atoms with Crippen LogP contribution in [0, 0.1) is 12.8 Å². The van der Waals surface area contributed by atoms with Gasteiger partial charge in [0.25, 0.3) is 0 Å². The molecule has 8 heteroatoms. The van der Waals surface area contributed by atoms with E-state index in [-0.39, 0.29) is 12.0 Å². The zero-order valence-corrected chi connectivity index (χ0v) is 17.5. The topological polar surface area (TPSA) is 80.2 Å². The summed E-state index contributed by atoms with van der Waals surface area (Å²) in [5.74, 6) is 0.785. The maximum Gasteiger partial charge on any atom is 0.181 e. The van der Waals surface area contributed by atoms with Gasteiger partial charge in [-0.3, -0.25) is 4.99 Å². The van der Waals surface area contributed by atoms with E-state index in [4.69, 9.17) is 20.5 Å². The Bertz CT molecular complexity index is 735. The van der Waals surface area contributed by atoms with E-state index in [1.807, 2.05) is 13.0 Å². The Morgan fingerprint density at radius 2 is 1.88 bits per heavy atom. The molecule has 0 radical (unpaired) electrons. The van der Waals surface area contributed by atoms with Crippen molar-refractivity contribution >= 4 is 43.2 Å². The number of aryl methyl sites for hydroxylation is 1. The van der Waals surface area contributed by atoms with Crippen molar-refractivity contribution in [1.82, 2.24) is 0 Å². The highest BCUT2D eigenvalue weighted by Crippen LogP contribution is 2.47. The van der Waals surface area contributed by atoms with E-state index in [2.05, 4.69) is 35.0 Å². The van der Waals surface area contributed by atoms with Crippen molar-refractivity contribution in [3.8, 4) is 0 Å². The van der Waals surface area contributed by atoms with E-state index in [1.165, 1.54) is 0 Å². The van der Waals surface area contributed by atoms with Crippen molar-refractivity contribution in [3.63, 3.8) is 0 Å². The second kappa shape index (κ2) is 7.13. The normalized spacial score (nSPS) is 29.4. The van der Waals surface area contributed by atoms with E-state index in [0.717, 1.165) is 47.0 Å². The van der Waals surface area contributed by atoms with Gasteiger partial charge in [0, 0.05) is 16.0 Å². The number of ether oxygens (including phenoxy) is 1. The molecule has 0 saturated heterocycles. The van der Waals surface area contributed by atoms with Crippen LogP contribution in [0.1, 0.15) is 43.7 Å². The van der Waals surface area contributed by atoms with Crippen molar-refractivity contribution in [2.75, 3.05) is 0 Å². The summed E-state index contributed by atoms with van der Waals surface area (Å²) in [6, 6.07) is 6.26. The molecule has 0 spiro atoms. The zero-order chi connectivity index (χ0) is 19.1. The van der Waals surface area contributed by atoms with Crippen LogP contribution in [0.25, 0.3) is 0 Å². The fraction of sp³-hybridized carbons (Fsp3) is 0.556. The molecule has 1 aromatic rings. The van der Waals surface area contributed by atoms with Gasteiger partial charge in [-0.25, -0.2) is 4.99 Å². The van der Waals surface area contributed by atoms with E-state index in [0.29, 0.717) is 5.84 Å². The average molecular weight is 418 g/mol. The number of rotatable bonds is 4. The second-order valence-electron chi connectivity index (χ2n) is 7.92. The van der Waals surface area contributed by atoms with Crippen molar-refractivity contribution in [2.45, 2.75) is 56.9 Å². The van der Waals surface area contributed by atoms with Crippen LogP contribution < -0.4 is 5.73 Å². The molecule has 138 valence electrons. The standard InChI is InChI=1S/C18H26B2BrN3O2/c1-10-3-6-13(21)9-15(10)17(23-11(2)16(22)24-17)12-4-7-14(8-5-12)26-18(19,20)25/h3,6,9,12,14,25H,4-5,7-8,19-20H2,1-2H3,(H2,22,24). The molecule has 26 heavy (non-hydrogen) atoms. The molecular weight excluding hydrogens is 392 g/mol. The van der Waals surface area contributed by atoms with Crippen LogP contribution in [-0.2, 0) is 10.4 Å². The molecule has 1 saturated carbocycles. The molecule has 2 aliphatic rings. The molecule has 1 aliphatic heterocycles. The van der Waals surface area contributed by atoms with Gasteiger partial charge in [0.1, 0.15) is 5.84 Å². The molecule has 1 aliphatic carbocycles. The van der Waals surface area contributed by atoms with Gasteiger partial charge in [0.05, 0.1) is 17.4 Å². The number of hydrogen-bond acceptors (Lipinski definition) is 5. The number of hydrogen-bond donors (Lipinski definition) is 2. The Kier molecular flexibility index (Phi) is 5.39. The fourth-order valence-electron chi connectivity index (χ4n) is 4.11. The van der Waals surface area contributed by atoms with Crippen LogP contribution in [0.2, 0.25) is 0 Å². The molecular formula is C18H26B2BrN3O2. The summed E-state index contributed by atoms with van der Waals surface area (Å²) in [6.45, 7) is 4.03. The number of nitrogens with two attached hydrogens (primary N) is 1. The van der Waals surface area contributed by atoms with Crippen LogP contribution in [0.4, 0.5) is 0 Å². The Morgan fingerprint density at radius 1 is 1.23 bits per heavy atom. The molecule has 1 unspecified atom stereocenters. The summed E-state index contributed by atoms with van der Waals surface area (Å²) in [7, 11) is 3.36. The lowest BCUT2D eigenvalue weighted by molar-refractivity contribution is -0.129. The summed E-state index contributed by atoms with van der Waals surface area (Å²) in [4.78, 5) is 9.85. The minimum Gasteiger partial charge on any atom is -0.382 e. The highest BCUT2D eigenvalue weighted by molar-refractivity contribution is 9.10.